The fraction of sp³-hybridized carbons (Fsp3) is 1.00. The molecule has 1 aliphatic carbocycles. The second-order valence-electron chi connectivity index (χ2n) is 21.2. The average molecular weight is 958 g/mol. The Hall–Kier alpha value is 1.18. The van der Waals surface area contributed by atoms with Gasteiger partial charge in [0.15, 0.2) is 0 Å². The van der Waals surface area contributed by atoms with Crippen LogP contribution in [0.2, 0.25) is 42.3 Å². The number of hydrogen-bond acceptors (Lipinski definition) is 14. The Kier molecular flexibility index (Phi) is 14.0. The van der Waals surface area contributed by atoms with Crippen LogP contribution in [0.5, 0.6) is 0 Å². The standard InChI is InChI=1S/C36H76O14Si8/c1-27(2)20-51-39-52(21-28(3)4)42-55(24-31(9)10)44-53(40-51,22-29(5)6)46-57(26-33(13)14)47-54(41-51,23-30(7)8)45-56(43-52,25-32(11)12)49-58(48-55,50-57)37-18-17-34-15-16-35-36(19-34)38-35/h27-36H,15-26H2,1-14H3/t34-,35-,36+,51?,52?,53?,54?,55?,56?,57?,58?/m0/s1. The van der Waals surface area contributed by atoms with E-state index in [1.807, 2.05) is 0 Å². The van der Waals surface area contributed by atoms with Crippen molar-refractivity contribution in [2.75, 3.05) is 6.61 Å². The van der Waals surface area contributed by atoms with Gasteiger partial charge in [0, 0.05) is 48.9 Å². The molecule has 7 saturated heterocycles. The van der Waals surface area contributed by atoms with Gasteiger partial charge in [-0.1, -0.05) is 96.9 Å². The Labute approximate surface area is 358 Å². The molecule has 0 aromatic rings. The molecule has 0 aromatic heterocycles. The van der Waals surface area contributed by atoms with Crippen molar-refractivity contribution in [2.45, 2.75) is 177 Å². The third kappa shape index (κ3) is 10.6. The number of fused-ring (bicyclic) bond motifs is 1. The molecule has 8 fully saturated rings. The molecule has 0 unspecified atom stereocenters. The number of hydrogen-bond donors (Lipinski definition) is 0. The first kappa shape index (κ1) is 47.1. The van der Waals surface area contributed by atoms with E-state index in [0.717, 1.165) is 25.7 Å². The first-order chi connectivity index (χ1) is 26.9. The molecule has 8 aliphatic rings. The van der Waals surface area contributed by atoms with Crippen molar-refractivity contribution in [3.63, 3.8) is 0 Å². The quantitative estimate of drug-likeness (QED) is 0.0958. The number of ether oxygens (including phenoxy) is 1. The minimum Gasteiger partial charge on any atom is -0.373 e. The van der Waals surface area contributed by atoms with Crippen molar-refractivity contribution >= 4 is 70.7 Å². The smallest absolute Gasteiger partial charge is 0.373 e. The van der Waals surface area contributed by atoms with Gasteiger partial charge < -0.3 is 58.5 Å². The molecule has 0 spiro atoms. The summed E-state index contributed by atoms with van der Waals surface area (Å²) in [6.07, 6.45) is 4.80. The van der Waals surface area contributed by atoms with Gasteiger partial charge in [-0.25, -0.2) is 0 Å². The van der Waals surface area contributed by atoms with E-state index in [9.17, 15) is 0 Å². The van der Waals surface area contributed by atoms with Crippen molar-refractivity contribution in [1.29, 1.82) is 0 Å². The SMILES string of the molecule is CC(C)C[Si]12O[Si]3(CC(C)C)O[Si]4(CC(C)C)O[Si](CC(C)C)(O1)O[Si]1(CC(C)C)O[Si](CC(C)C)(O2)O[Si](CC(C)C)(O3)O[Si](OCC[C@@H]2CC[C@@H]3O[C@@H]3C2)(O4)O1. The molecule has 7 aliphatic heterocycles. The van der Waals surface area contributed by atoms with E-state index in [4.69, 9.17) is 58.5 Å². The van der Waals surface area contributed by atoms with Crippen LogP contribution >= 0.6 is 0 Å². The Morgan fingerprint density at radius 3 is 0.914 bits per heavy atom. The van der Waals surface area contributed by atoms with Crippen molar-refractivity contribution in [3.05, 3.63) is 0 Å². The van der Waals surface area contributed by atoms with Crippen LogP contribution in [0.15, 0.2) is 0 Å². The average Bonchev–Trinajstić information content (AvgIpc) is 3.73. The molecule has 7 heterocycles. The highest BCUT2D eigenvalue weighted by atomic mass is 28.6. The fourth-order valence-electron chi connectivity index (χ4n) is 9.77. The van der Waals surface area contributed by atoms with Crippen LogP contribution in [0, 0.1) is 47.3 Å². The summed E-state index contributed by atoms with van der Waals surface area (Å²) in [5, 5.41) is 0. The van der Waals surface area contributed by atoms with Gasteiger partial charge in [-0.2, -0.15) is 0 Å². The maximum atomic E-state index is 7.79. The fourth-order valence-corrected chi connectivity index (χ4v) is 59.5. The van der Waals surface area contributed by atoms with Crippen LogP contribution in [-0.4, -0.2) is 89.5 Å². The van der Waals surface area contributed by atoms with Gasteiger partial charge >= 0.3 is 70.7 Å². The van der Waals surface area contributed by atoms with Gasteiger partial charge in [0.05, 0.1) is 12.2 Å². The minimum absolute atomic E-state index is 0.0885. The number of rotatable bonds is 18. The zero-order valence-corrected chi connectivity index (χ0v) is 46.0. The van der Waals surface area contributed by atoms with E-state index >= 15 is 0 Å². The van der Waals surface area contributed by atoms with Gasteiger partial charge in [-0.15, -0.1) is 0 Å². The highest BCUT2D eigenvalue weighted by molar-refractivity contribution is 7.02. The summed E-state index contributed by atoms with van der Waals surface area (Å²) in [4.78, 5) is 0. The van der Waals surface area contributed by atoms with E-state index in [2.05, 4.69) is 96.9 Å². The van der Waals surface area contributed by atoms with Gasteiger partial charge in [0.25, 0.3) is 0 Å². The summed E-state index contributed by atoms with van der Waals surface area (Å²) in [5.74, 6) is 1.19. The van der Waals surface area contributed by atoms with Crippen LogP contribution in [-0.2, 0) is 58.5 Å². The van der Waals surface area contributed by atoms with Crippen LogP contribution in [0.1, 0.15) is 123 Å². The molecule has 22 heteroatoms. The zero-order chi connectivity index (χ0) is 42.2. The lowest BCUT2D eigenvalue weighted by molar-refractivity contribution is -0.0628. The molecule has 3 atom stereocenters. The van der Waals surface area contributed by atoms with Crippen LogP contribution in [0.3, 0.4) is 0 Å². The normalized spacial score (nSPS) is 44.7. The second-order valence-corrected chi connectivity index (χ2v) is 44.7. The summed E-state index contributed by atoms with van der Waals surface area (Å²) >= 11 is 0. The molecule has 1 saturated carbocycles. The van der Waals surface area contributed by atoms with Gasteiger partial charge in [0.1, 0.15) is 0 Å². The molecule has 0 aromatic carbocycles. The molecule has 8 rings (SSSR count). The van der Waals surface area contributed by atoms with Crippen LogP contribution in [0.4, 0.5) is 0 Å². The second kappa shape index (κ2) is 17.2. The molecular weight excluding hydrogens is 881 g/mol. The highest BCUT2D eigenvalue weighted by Crippen LogP contribution is 2.55. The van der Waals surface area contributed by atoms with Gasteiger partial charge in [-0.3, -0.25) is 0 Å². The maximum absolute atomic E-state index is 7.79. The molecule has 58 heavy (non-hydrogen) atoms. The summed E-state index contributed by atoms with van der Waals surface area (Å²) < 4.78 is 106. The highest BCUT2D eigenvalue weighted by Gasteiger charge is 2.84. The first-order valence-corrected chi connectivity index (χ1v) is 37.8. The van der Waals surface area contributed by atoms with E-state index in [1.54, 1.807) is 0 Å². The third-order valence-corrected chi connectivity index (χ3v) is 50.1. The minimum atomic E-state index is -4.41. The Balaban J connectivity index is 1.50. The molecular formula is C36H76O14Si8. The van der Waals surface area contributed by atoms with Crippen LogP contribution < -0.4 is 0 Å². The summed E-state index contributed by atoms with van der Waals surface area (Å²) in [5.41, 5.74) is 0. The van der Waals surface area contributed by atoms with Crippen molar-refractivity contribution < 1.29 is 58.5 Å². The maximum Gasteiger partial charge on any atom is 0.657 e. The Morgan fingerprint density at radius 1 is 0.379 bits per heavy atom. The van der Waals surface area contributed by atoms with E-state index in [0.29, 0.717) is 67.0 Å². The Morgan fingerprint density at radius 2 is 0.655 bits per heavy atom. The predicted octanol–water partition coefficient (Wildman–Crippen LogP) is 8.83. The lowest BCUT2D eigenvalue weighted by Gasteiger charge is -2.63. The molecule has 0 amide bonds. The predicted molar refractivity (Wildman–Crippen MR) is 233 cm³/mol. The summed E-state index contributed by atoms with van der Waals surface area (Å²) in [6.45, 7) is 30.6. The van der Waals surface area contributed by atoms with Crippen molar-refractivity contribution in [1.82, 2.24) is 0 Å². The zero-order valence-electron chi connectivity index (χ0n) is 38.0. The largest absolute Gasteiger partial charge is 0.657 e. The van der Waals surface area contributed by atoms with Crippen molar-refractivity contribution in [2.24, 2.45) is 47.3 Å². The monoisotopic (exact) mass is 956 g/mol. The van der Waals surface area contributed by atoms with Crippen LogP contribution in [0.25, 0.3) is 0 Å². The summed E-state index contributed by atoms with van der Waals surface area (Å²) in [6, 6.07) is 3.21. The van der Waals surface area contributed by atoms with E-state index in [-0.39, 0.29) is 41.4 Å². The molecule has 14 nitrogen and oxygen atoms in total. The lowest BCUT2D eigenvalue weighted by Crippen LogP contribution is -2.89. The molecule has 0 radical (unpaired) electrons. The molecule has 8 bridgehead atoms. The van der Waals surface area contributed by atoms with E-state index in [1.165, 1.54) is 0 Å². The number of epoxide rings is 1. The van der Waals surface area contributed by atoms with Crippen molar-refractivity contribution in [3.8, 4) is 0 Å². The van der Waals surface area contributed by atoms with Gasteiger partial charge in [0.2, 0.25) is 0 Å². The third-order valence-electron chi connectivity index (χ3n) is 11.2. The Bertz CT molecular complexity index is 1290. The lowest BCUT2D eigenvalue weighted by atomic mass is 9.87. The van der Waals surface area contributed by atoms with Gasteiger partial charge in [-0.05, 0) is 73.0 Å². The van der Waals surface area contributed by atoms with E-state index < -0.39 is 70.7 Å². The summed E-state index contributed by atoms with van der Waals surface area (Å²) in [7, 11) is -32.2. The molecule has 336 valence electrons. The first-order valence-electron chi connectivity index (χ1n) is 22.7. The molecule has 0 N–H and O–H groups in total. The topological polar surface area (TPSA) is 133 Å².